The van der Waals surface area contributed by atoms with Crippen LogP contribution in [0.5, 0.6) is 5.88 Å². The zero-order chi connectivity index (χ0) is 11.2. The van der Waals surface area contributed by atoms with Crippen molar-refractivity contribution in [1.29, 1.82) is 0 Å². The van der Waals surface area contributed by atoms with E-state index in [1.807, 2.05) is 0 Å². The summed E-state index contributed by atoms with van der Waals surface area (Å²) in [6.45, 7) is 4.00. The number of rotatable bonds is 4. The molecule has 2 rings (SSSR count). The van der Waals surface area contributed by atoms with Crippen molar-refractivity contribution in [2.75, 3.05) is 26.2 Å². The van der Waals surface area contributed by atoms with E-state index >= 15 is 0 Å². The maximum absolute atomic E-state index is 5.73. The number of hydrogen-bond acceptors (Lipinski definition) is 4. The second-order valence-electron chi connectivity index (χ2n) is 3.93. The predicted octanol–water partition coefficient (Wildman–Crippen LogP) is 1.99. The normalized spacial score (nSPS) is 17.3. The summed E-state index contributed by atoms with van der Waals surface area (Å²) < 4.78 is 5.51. The van der Waals surface area contributed by atoms with Gasteiger partial charge in [0.05, 0.1) is 0 Å². The third kappa shape index (κ3) is 3.61. The summed E-state index contributed by atoms with van der Waals surface area (Å²) in [5, 5.41) is 0.419. The van der Waals surface area contributed by atoms with E-state index in [1.165, 1.54) is 38.7 Å². The molecule has 16 heavy (non-hydrogen) atoms. The number of hydrogen-bond donors (Lipinski definition) is 0. The lowest BCUT2D eigenvalue weighted by Gasteiger charge is -2.25. The van der Waals surface area contributed by atoms with Crippen LogP contribution in [-0.2, 0) is 0 Å². The average Bonchev–Trinajstić information content (AvgIpc) is 2.30. The molecule has 0 amide bonds. The molecule has 0 unspecified atom stereocenters. The molecule has 0 N–H and O–H groups in total. The number of aromatic nitrogens is 2. The molecule has 2 heterocycles. The van der Waals surface area contributed by atoms with Gasteiger partial charge in [-0.3, -0.25) is 4.90 Å². The van der Waals surface area contributed by atoms with Gasteiger partial charge in [-0.2, -0.15) is 0 Å². The largest absolute Gasteiger partial charge is 0.476 e. The SMILES string of the molecule is Clc1cc(OCCN2CCCCC2)ncn1. The van der Waals surface area contributed by atoms with E-state index in [9.17, 15) is 0 Å². The number of halogens is 1. The Kier molecular flexibility index (Phi) is 4.36. The second kappa shape index (κ2) is 6.01. The van der Waals surface area contributed by atoms with E-state index in [-0.39, 0.29) is 0 Å². The van der Waals surface area contributed by atoms with Crippen molar-refractivity contribution < 1.29 is 4.74 Å². The molecule has 0 radical (unpaired) electrons. The molecule has 4 nitrogen and oxygen atoms in total. The molecule has 1 fully saturated rings. The van der Waals surface area contributed by atoms with Gasteiger partial charge < -0.3 is 4.74 Å². The van der Waals surface area contributed by atoms with Crippen molar-refractivity contribution in [3.8, 4) is 5.88 Å². The Morgan fingerprint density at radius 1 is 1.25 bits per heavy atom. The van der Waals surface area contributed by atoms with Gasteiger partial charge in [0, 0.05) is 12.6 Å². The van der Waals surface area contributed by atoms with Crippen LogP contribution in [0.3, 0.4) is 0 Å². The van der Waals surface area contributed by atoms with Crippen LogP contribution in [0, 0.1) is 0 Å². The third-order valence-corrected chi connectivity index (χ3v) is 2.92. The van der Waals surface area contributed by atoms with E-state index in [1.54, 1.807) is 6.07 Å². The minimum absolute atomic E-state index is 0.419. The molecule has 0 atom stereocenters. The molecule has 1 saturated heterocycles. The van der Waals surface area contributed by atoms with Crippen molar-refractivity contribution in [3.63, 3.8) is 0 Å². The molecule has 0 bridgehead atoms. The van der Waals surface area contributed by atoms with Gasteiger partial charge in [0.2, 0.25) is 5.88 Å². The van der Waals surface area contributed by atoms with Crippen LogP contribution in [0.25, 0.3) is 0 Å². The Morgan fingerprint density at radius 2 is 2.06 bits per heavy atom. The summed E-state index contributed by atoms with van der Waals surface area (Å²) in [6.07, 6.45) is 5.39. The number of likely N-dealkylation sites (tertiary alicyclic amines) is 1. The zero-order valence-electron chi connectivity index (χ0n) is 9.23. The predicted molar refractivity (Wildman–Crippen MR) is 62.8 cm³/mol. The maximum Gasteiger partial charge on any atom is 0.217 e. The van der Waals surface area contributed by atoms with Gasteiger partial charge in [-0.15, -0.1) is 0 Å². The van der Waals surface area contributed by atoms with Crippen LogP contribution >= 0.6 is 11.6 Å². The van der Waals surface area contributed by atoms with Crippen molar-refractivity contribution in [2.45, 2.75) is 19.3 Å². The number of piperidine rings is 1. The fourth-order valence-corrected chi connectivity index (χ4v) is 2.00. The maximum atomic E-state index is 5.73. The van der Waals surface area contributed by atoms with Gasteiger partial charge in [-0.05, 0) is 25.9 Å². The number of ether oxygens (including phenoxy) is 1. The first-order valence-electron chi connectivity index (χ1n) is 5.67. The molecular weight excluding hydrogens is 226 g/mol. The van der Waals surface area contributed by atoms with Crippen LogP contribution in [0.15, 0.2) is 12.4 Å². The van der Waals surface area contributed by atoms with Crippen molar-refractivity contribution in [2.24, 2.45) is 0 Å². The van der Waals surface area contributed by atoms with Crippen LogP contribution in [0.2, 0.25) is 5.15 Å². The average molecular weight is 242 g/mol. The molecule has 1 aromatic heterocycles. The summed E-state index contributed by atoms with van der Waals surface area (Å²) in [5.41, 5.74) is 0. The van der Waals surface area contributed by atoms with Crippen molar-refractivity contribution in [1.82, 2.24) is 14.9 Å². The van der Waals surface area contributed by atoms with Gasteiger partial charge in [-0.1, -0.05) is 18.0 Å². The third-order valence-electron chi connectivity index (χ3n) is 2.71. The van der Waals surface area contributed by atoms with E-state index in [2.05, 4.69) is 14.9 Å². The molecule has 0 aliphatic carbocycles. The number of nitrogens with zero attached hydrogens (tertiary/aromatic N) is 3. The smallest absolute Gasteiger partial charge is 0.217 e. The highest BCUT2D eigenvalue weighted by molar-refractivity contribution is 6.29. The molecule has 0 spiro atoms. The Hall–Kier alpha value is -0.870. The first-order valence-corrected chi connectivity index (χ1v) is 6.05. The summed E-state index contributed by atoms with van der Waals surface area (Å²) in [4.78, 5) is 10.2. The highest BCUT2D eigenvalue weighted by atomic mass is 35.5. The molecule has 0 aromatic carbocycles. The highest BCUT2D eigenvalue weighted by Crippen LogP contribution is 2.11. The van der Waals surface area contributed by atoms with Crippen LogP contribution in [-0.4, -0.2) is 41.1 Å². The summed E-state index contributed by atoms with van der Waals surface area (Å²) >= 11 is 5.73. The molecule has 5 heteroatoms. The van der Waals surface area contributed by atoms with Gasteiger partial charge in [0.15, 0.2) is 0 Å². The quantitative estimate of drug-likeness (QED) is 0.756. The second-order valence-corrected chi connectivity index (χ2v) is 4.32. The minimum atomic E-state index is 0.419. The molecule has 1 aromatic rings. The minimum Gasteiger partial charge on any atom is -0.476 e. The van der Waals surface area contributed by atoms with Crippen LogP contribution < -0.4 is 4.74 Å². The van der Waals surface area contributed by atoms with Gasteiger partial charge in [-0.25, -0.2) is 9.97 Å². The standard InChI is InChI=1S/C11H16ClN3O/c12-10-8-11(14-9-13-10)16-7-6-15-4-2-1-3-5-15/h8-9H,1-7H2. The monoisotopic (exact) mass is 241 g/mol. The van der Waals surface area contributed by atoms with Crippen molar-refractivity contribution >= 4 is 11.6 Å². The summed E-state index contributed by atoms with van der Waals surface area (Å²) in [5.74, 6) is 0.553. The first kappa shape index (κ1) is 11.6. The lowest BCUT2D eigenvalue weighted by molar-refractivity contribution is 0.180. The molecule has 1 aliphatic heterocycles. The van der Waals surface area contributed by atoms with Gasteiger partial charge in [0.25, 0.3) is 0 Å². The lowest BCUT2D eigenvalue weighted by Crippen LogP contribution is -2.33. The van der Waals surface area contributed by atoms with E-state index in [0.29, 0.717) is 17.6 Å². The molecular formula is C11H16ClN3O. The van der Waals surface area contributed by atoms with E-state index in [4.69, 9.17) is 16.3 Å². The first-order chi connectivity index (χ1) is 7.84. The Bertz CT molecular complexity index is 329. The molecule has 1 aliphatic rings. The van der Waals surface area contributed by atoms with Gasteiger partial charge in [0.1, 0.15) is 18.1 Å². The topological polar surface area (TPSA) is 38.2 Å². The van der Waals surface area contributed by atoms with E-state index < -0.39 is 0 Å². The zero-order valence-corrected chi connectivity index (χ0v) is 9.99. The summed E-state index contributed by atoms with van der Waals surface area (Å²) in [6, 6.07) is 1.64. The van der Waals surface area contributed by atoms with E-state index in [0.717, 1.165) is 6.54 Å². The molecule has 0 saturated carbocycles. The molecule has 88 valence electrons. The van der Waals surface area contributed by atoms with Gasteiger partial charge >= 0.3 is 0 Å². The fourth-order valence-electron chi connectivity index (χ4n) is 1.86. The summed E-state index contributed by atoms with van der Waals surface area (Å²) in [7, 11) is 0. The lowest BCUT2D eigenvalue weighted by atomic mass is 10.1. The van der Waals surface area contributed by atoms with Crippen LogP contribution in [0.4, 0.5) is 0 Å². The fraction of sp³-hybridized carbons (Fsp3) is 0.636. The Morgan fingerprint density at radius 3 is 2.81 bits per heavy atom. The highest BCUT2D eigenvalue weighted by Gasteiger charge is 2.09. The van der Waals surface area contributed by atoms with Crippen molar-refractivity contribution in [3.05, 3.63) is 17.5 Å². The Balaban J connectivity index is 1.71. The Labute approximate surface area is 101 Å². The van der Waals surface area contributed by atoms with Crippen LogP contribution in [0.1, 0.15) is 19.3 Å².